The topological polar surface area (TPSA) is 67.6 Å². The number of hydrogen-bond acceptors (Lipinski definition) is 4. The van der Waals surface area contributed by atoms with E-state index >= 15 is 0 Å². The molecule has 0 spiro atoms. The molecule has 3 rings (SSSR count). The van der Waals surface area contributed by atoms with Gasteiger partial charge in [0.1, 0.15) is 0 Å². The summed E-state index contributed by atoms with van der Waals surface area (Å²) in [5.41, 5.74) is 1.27. The first-order valence-corrected chi connectivity index (χ1v) is 6.73. The zero-order valence-corrected chi connectivity index (χ0v) is 12.2. The molecule has 2 aromatic rings. The fourth-order valence-electron chi connectivity index (χ4n) is 2.46. The molecule has 21 heavy (non-hydrogen) atoms. The third-order valence-electron chi connectivity index (χ3n) is 3.62. The fourth-order valence-corrected chi connectivity index (χ4v) is 2.46. The van der Waals surface area contributed by atoms with Gasteiger partial charge in [-0.15, -0.1) is 0 Å². The molecule has 2 heterocycles. The molecule has 0 aliphatic carbocycles. The summed E-state index contributed by atoms with van der Waals surface area (Å²) in [4.78, 5) is 13.3. The van der Waals surface area contributed by atoms with E-state index in [2.05, 4.69) is 10.00 Å². The van der Waals surface area contributed by atoms with Gasteiger partial charge in [-0.2, -0.15) is 5.10 Å². The summed E-state index contributed by atoms with van der Waals surface area (Å²) < 4.78 is 7.25. The van der Waals surface area contributed by atoms with Crippen molar-refractivity contribution in [1.29, 1.82) is 0 Å². The SMILES string of the molecule is O=C(O)c1ccc2c(cnn2CCN2CCOCC2)c1.[Li]. The summed E-state index contributed by atoms with van der Waals surface area (Å²) >= 11 is 0. The number of morpholine rings is 1. The molecule has 7 heteroatoms. The largest absolute Gasteiger partial charge is 0.478 e. The maximum atomic E-state index is 10.9. The van der Waals surface area contributed by atoms with E-state index in [-0.39, 0.29) is 18.9 Å². The van der Waals surface area contributed by atoms with Crippen molar-refractivity contribution < 1.29 is 14.6 Å². The number of rotatable bonds is 4. The second kappa shape index (κ2) is 7.10. The Labute approximate surface area is 134 Å². The molecule has 107 valence electrons. The van der Waals surface area contributed by atoms with Crippen LogP contribution < -0.4 is 0 Å². The van der Waals surface area contributed by atoms with Crippen molar-refractivity contribution in [2.24, 2.45) is 0 Å². The smallest absolute Gasteiger partial charge is 0.335 e. The molecule has 0 atom stereocenters. The Morgan fingerprint density at radius 2 is 2.05 bits per heavy atom. The van der Waals surface area contributed by atoms with Gasteiger partial charge in [0.25, 0.3) is 0 Å². The number of fused-ring (bicyclic) bond motifs is 1. The van der Waals surface area contributed by atoms with Crippen LogP contribution in [0.3, 0.4) is 0 Å². The van der Waals surface area contributed by atoms with E-state index in [9.17, 15) is 4.79 Å². The predicted molar refractivity (Wildman–Crippen MR) is 79.7 cm³/mol. The van der Waals surface area contributed by atoms with Crippen LogP contribution in [-0.2, 0) is 11.3 Å². The molecule has 6 nitrogen and oxygen atoms in total. The van der Waals surface area contributed by atoms with Gasteiger partial charge < -0.3 is 9.84 Å². The molecule has 0 unspecified atom stereocenters. The number of hydrogen-bond donors (Lipinski definition) is 1. The molecule has 1 aromatic carbocycles. The molecule has 1 saturated heterocycles. The van der Waals surface area contributed by atoms with Gasteiger partial charge in [-0.3, -0.25) is 9.58 Å². The molecule has 1 fully saturated rings. The average Bonchev–Trinajstić information content (AvgIpc) is 2.88. The number of nitrogens with zero attached hydrogens (tertiary/aromatic N) is 3. The molecule has 0 bridgehead atoms. The molecule has 0 saturated carbocycles. The van der Waals surface area contributed by atoms with Crippen molar-refractivity contribution in [3.8, 4) is 0 Å². The number of aromatic carboxylic acids is 1. The van der Waals surface area contributed by atoms with Crippen LogP contribution in [0.4, 0.5) is 0 Å². The van der Waals surface area contributed by atoms with E-state index < -0.39 is 5.97 Å². The Balaban J connectivity index is 0.00000161. The quantitative estimate of drug-likeness (QED) is 0.836. The van der Waals surface area contributed by atoms with E-state index in [0.717, 1.165) is 50.3 Å². The van der Waals surface area contributed by atoms with E-state index in [1.807, 2.05) is 10.7 Å². The normalized spacial score (nSPS) is 15.8. The minimum absolute atomic E-state index is 0. The summed E-state index contributed by atoms with van der Waals surface area (Å²) in [6.45, 7) is 5.24. The van der Waals surface area contributed by atoms with Crippen LogP contribution in [-0.4, -0.2) is 77.5 Å². The van der Waals surface area contributed by atoms with Crippen LogP contribution in [0.1, 0.15) is 10.4 Å². The van der Waals surface area contributed by atoms with E-state index in [4.69, 9.17) is 9.84 Å². The molecular weight excluding hydrogens is 265 g/mol. The third-order valence-corrected chi connectivity index (χ3v) is 3.62. The Hall–Kier alpha value is -1.32. The monoisotopic (exact) mass is 282 g/mol. The Morgan fingerprint density at radius 3 is 2.76 bits per heavy atom. The van der Waals surface area contributed by atoms with Gasteiger partial charge in [-0.05, 0) is 18.2 Å². The first kappa shape index (κ1) is 16.1. The fraction of sp³-hybridized carbons (Fsp3) is 0.429. The summed E-state index contributed by atoms with van der Waals surface area (Å²) in [5.74, 6) is -0.909. The zero-order chi connectivity index (χ0) is 13.9. The van der Waals surface area contributed by atoms with Crippen molar-refractivity contribution in [2.45, 2.75) is 6.54 Å². The van der Waals surface area contributed by atoms with Crippen molar-refractivity contribution in [3.63, 3.8) is 0 Å². The third kappa shape index (κ3) is 3.66. The second-order valence-corrected chi connectivity index (χ2v) is 4.90. The molecule has 1 radical (unpaired) electrons. The van der Waals surface area contributed by atoms with Crippen molar-refractivity contribution in [1.82, 2.24) is 14.7 Å². The zero-order valence-electron chi connectivity index (χ0n) is 12.2. The predicted octanol–water partition coefficient (Wildman–Crippen LogP) is 0.686. The van der Waals surface area contributed by atoms with Crippen LogP contribution in [0.2, 0.25) is 0 Å². The molecular formula is C14H17LiN3O3. The maximum Gasteiger partial charge on any atom is 0.335 e. The molecule has 1 aliphatic rings. The minimum Gasteiger partial charge on any atom is -0.478 e. The Kier molecular flexibility index (Phi) is 5.43. The van der Waals surface area contributed by atoms with Crippen molar-refractivity contribution in [2.75, 3.05) is 32.8 Å². The summed E-state index contributed by atoms with van der Waals surface area (Å²) in [7, 11) is 0. The summed E-state index contributed by atoms with van der Waals surface area (Å²) in [6.07, 6.45) is 1.72. The van der Waals surface area contributed by atoms with Crippen LogP contribution in [0.5, 0.6) is 0 Å². The van der Waals surface area contributed by atoms with Crippen molar-refractivity contribution in [3.05, 3.63) is 30.0 Å². The number of carbonyl (C=O) groups is 1. The summed E-state index contributed by atoms with van der Waals surface area (Å²) in [5, 5.41) is 14.2. The van der Waals surface area contributed by atoms with Gasteiger partial charge in [-0.25, -0.2) is 4.79 Å². The van der Waals surface area contributed by atoms with Gasteiger partial charge in [0.2, 0.25) is 0 Å². The van der Waals surface area contributed by atoms with Gasteiger partial charge in [0.05, 0.1) is 37.0 Å². The van der Waals surface area contributed by atoms with Crippen LogP contribution in [0.15, 0.2) is 24.4 Å². The second-order valence-electron chi connectivity index (χ2n) is 4.90. The number of carboxylic acid groups (broad SMARTS) is 1. The molecule has 1 aliphatic heterocycles. The van der Waals surface area contributed by atoms with Gasteiger partial charge in [0.15, 0.2) is 0 Å². The molecule has 1 N–H and O–H groups in total. The Bertz CT molecular complexity index is 623. The van der Waals surface area contributed by atoms with E-state index in [1.54, 1.807) is 18.3 Å². The maximum absolute atomic E-state index is 10.9. The standard InChI is InChI=1S/C14H17N3O3.Li/c18-14(19)11-1-2-13-12(9-11)10-15-17(13)4-3-16-5-7-20-8-6-16;/h1-2,9-10H,3-8H2,(H,18,19);. The van der Waals surface area contributed by atoms with Crippen LogP contribution in [0.25, 0.3) is 10.9 Å². The van der Waals surface area contributed by atoms with Crippen LogP contribution >= 0.6 is 0 Å². The first-order chi connectivity index (χ1) is 9.74. The van der Waals surface area contributed by atoms with Crippen LogP contribution in [0, 0.1) is 0 Å². The van der Waals surface area contributed by atoms with E-state index in [1.165, 1.54) is 0 Å². The number of benzene rings is 1. The van der Waals surface area contributed by atoms with Gasteiger partial charge in [-0.1, -0.05) is 0 Å². The van der Waals surface area contributed by atoms with Gasteiger partial charge in [0, 0.05) is 43.9 Å². The average molecular weight is 282 g/mol. The number of aromatic nitrogens is 2. The first-order valence-electron chi connectivity index (χ1n) is 6.73. The van der Waals surface area contributed by atoms with E-state index in [0.29, 0.717) is 5.56 Å². The summed E-state index contributed by atoms with van der Waals surface area (Å²) in [6, 6.07) is 5.11. The number of ether oxygens (including phenoxy) is 1. The minimum atomic E-state index is -0.909. The number of carboxylic acids is 1. The molecule has 1 aromatic heterocycles. The Morgan fingerprint density at radius 1 is 1.29 bits per heavy atom. The van der Waals surface area contributed by atoms with Crippen molar-refractivity contribution >= 4 is 35.7 Å². The van der Waals surface area contributed by atoms with Gasteiger partial charge >= 0.3 is 5.97 Å². The molecule has 0 amide bonds.